The topological polar surface area (TPSA) is 105 Å². The smallest absolute Gasteiger partial charge is 0.314 e. The van der Waals surface area contributed by atoms with E-state index in [4.69, 9.17) is 9.47 Å². The maximum Gasteiger partial charge on any atom is 0.314 e. The lowest BCUT2D eigenvalue weighted by atomic mass is 10.2. The van der Waals surface area contributed by atoms with Crippen LogP contribution in [0.2, 0.25) is 0 Å². The van der Waals surface area contributed by atoms with E-state index in [0.29, 0.717) is 24.3 Å². The number of hydrogen-bond donors (Lipinski definition) is 0. The van der Waals surface area contributed by atoms with Crippen molar-refractivity contribution < 1.29 is 36.9 Å². The first kappa shape index (κ1) is 19.9. The Morgan fingerprint density at radius 2 is 1.33 bits per heavy atom. The van der Waals surface area contributed by atoms with Crippen LogP contribution in [0.3, 0.4) is 0 Å². The first-order valence-corrected chi connectivity index (χ1v) is 7.17. The highest BCUT2D eigenvalue weighted by atomic mass is 19.2. The second kappa shape index (κ2) is 7.85. The molecule has 1 atom stereocenters. The first-order chi connectivity index (χ1) is 12.6. The Kier molecular flexibility index (Phi) is 5.78. The van der Waals surface area contributed by atoms with Crippen molar-refractivity contribution in [2.75, 3.05) is 6.61 Å². The third kappa shape index (κ3) is 4.22. The highest BCUT2D eigenvalue weighted by molar-refractivity contribution is 5.48. The van der Waals surface area contributed by atoms with E-state index in [0.717, 1.165) is 0 Å². The summed E-state index contributed by atoms with van der Waals surface area (Å²) in [6.45, 7) is 0.505. The van der Waals surface area contributed by atoms with Crippen molar-refractivity contribution in [3.05, 3.63) is 67.8 Å². The Bertz CT molecular complexity index is 908. The molecule has 1 unspecified atom stereocenters. The van der Waals surface area contributed by atoms with Crippen LogP contribution in [0.25, 0.3) is 0 Å². The molecule has 2 aromatic carbocycles. The van der Waals surface area contributed by atoms with Gasteiger partial charge in [0.15, 0.2) is 11.6 Å². The second-order valence-electron chi connectivity index (χ2n) is 5.17. The molecule has 144 valence electrons. The Balaban J connectivity index is 2.23. The SMILES string of the molecule is CC(COc1c([N+](=O)[O-])ccc(F)c1F)Oc1c([N+](=O)[O-])ccc(F)c1F. The summed E-state index contributed by atoms with van der Waals surface area (Å²) in [7, 11) is 0. The van der Waals surface area contributed by atoms with E-state index >= 15 is 0 Å². The molecule has 0 amide bonds. The molecule has 0 saturated heterocycles. The molecule has 2 rings (SSSR count). The number of nitro groups is 2. The highest BCUT2D eigenvalue weighted by Gasteiger charge is 2.27. The predicted molar refractivity (Wildman–Crippen MR) is 81.6 cm³/mol. The van der Waals surface area contributed by atoms with Crippen molar-refractivity contribution in [3.8, 4) is 11.5 Å². The van der Waals surface area contributed by atoms with Crippen molar-refractivity contribution in [3.63, 3.8) is 0 Å². The molecule has 0 fully saturated rings. The second-order valence-corrected chi connectivity index (χ2v) is 5.17. The molecule has 0 aliphatic heterocycles. The van der Waals surface area contributed by atoms with Crippen LogP contribution in [0.4, 0.5) is 28.9 Å². The fourth-order valence-electron chi connectivity index (χ4n) is 2.02. The average Bonchev–Trinajstić information content (AvgIpc) is 2.59. The van der Waals surface area contributed by atoms with Crippen LogP contribution in [0.15, 0.2) is 24.3 Å². The van der Waals surface area contributed by atoms with Gasteiger partial charge in [-0.3, -0.25) is 20.2 Å². The van der Waals surface area contributed by atoms with Gasteiger partial charge in [-0.05, 0) is 19.1 Å². The largest absolute Gasteiger partial charge is 0.481 e. The molecular weight excluding hydrogens is 380 g/mol. The normalized spacial score (nSPS) is 11.7. The van der Waals surface area contributed by atoms with Gasteiger partial charge in [0.1, 0.15) is 12.7 Å². The average molecular weight is 390 g/mol. The van der Waals surface area contributed by atoms with E-state index in [1.807, 2.05) is 0 Å². The monoisotopic (exact) mass is 390 g/mol. The molecule has 0 spiro atoms. The zero-order chi connectivity index (χ0) is 20.3. The molecule has 0 radical (unpaired) electrons. The van der Waals surface area contributed by atoms with Gasteiger partial charge in [-0.1, -0.05) is 0 Å². The van der Waals surface area contributed by atoms with E-state index in [-0.39, 0.29) is 0 Å². The number of nitro benzene ring substituents is 2. The predicted octanol–water partition coefficient (Wildman–Crippen LogP) is 3.91. The van der Waals surface area contributed by atoms with Crippen molar-refractivity contribution in [2.24, 2.45) is 0 Å². The minimum Gasteiger partial charge on any atom is -0.481 e. The quantitative estimate of drug-likeness (QED) is 0.403. The van der Waals surface area contributed by atoms with Gasteiger partial charge < -0.3 is 9.47 Å². The fraction of sp³-hybridized carbons (Fsp3) is 0.200. The number of benzene rings is 2. The van der Waals surface area contributed by atoms with Gasteiger partial charge in [-0.15, -0.1) is 0 Å². The van der Waals surface area contributed by atoms with Crippen LogP contribution < -0.4 is 9.47 Å². The third-order valence-electron chi connectivity index (χ3n) is 3.23. The maximum absolute atomic E-state index is 13.8. The van der Waals surface area contributed by atoms with E-state index in [2.05, 4.69) is 0 Å². The van der Waals surface area contributed by atoms with Crippen molar-refractivity contribution in [2.45, 2.75) is 13.0 Å². The van der Waals surface area contributed by atoms with E-state index in [1.165, 1.54) is 6.92 Å². The lowest BCUT2D eigenvalue weighted by Crippen LogP contribution is -2.23. The molecule has 0 aliphatic carbocycles. The summed E-state index contributed by atoms with van der Waals surface area (Å²) in [5.74, 6) is -8.11. The van der Waals surface area contributed by atoms with Gasteiger partial charge in [0.2, 0.25) is 23.1 Å². The molecule has 8 nitrogen and oxygen atoms in total. The van der Waals surface area contributed by atoms with Crippen LogP contribution in [0.5, 0.6) is 11.5 Å². The van der Waals surface area contributed by atoms with Gasteiger partial charge in [0.25, 0.3) is 0 Å². The third-order valence-corrected chi connectivity index (χ3v) is 3.23. The fourth-order valence-corrected chi connectivity index (χ4v) is 2.02. The zero-order valence-corrected chi connectivity index (χ0v) is 13.4. The maximum atomic E-state index is 13.8. The first-order valence-electron chi connectivity index (χ1n) is 7.17. The minimum absolute atomic E-state index is 0.533. The highest BCUT2D eigenvalue weighted by Crippen LogP contribution is 2.34. The van der Waals surface area contributed by atoms with Crippen LogP contribution in [-0.2, 0) is 0 Å². The van der Waals surface area contributed by atoms with Crippen LogP contribution in [0.1, 0.15) is 6.92 Å². The van der Waals surface area contributed by atoms with E-state index < -0.39 is 68.7 Å². The molecule has 0 heterocycles. The molecule has 0 N–H and O–H groups in total. The van der Waals surface area contributed by atoms with Crippen molar-refractivity contribution in [1.82, 2.24) is 0 Å². The lowest BCUT2D eigenvalue weighted by Gasteiger charge is -2.16. The standard InChI is InChI=1S/C15H10F4N2O6/c1-7(27-15-11(21(24)25)5-3-9(17)13(15)19)6-26-14-10(20(22)23)4-2-8(16)12(14)18/h2-5,7H,6H2,1H3. The number of hydrogen-bond acceptors (Lipinski definition) is 6. The Labute approximate surface area is 148 Å². The molecular formula is C15H10F4N2O6. The summed E-state index contributed by atoms with van der Waals surface area (Å²) >= 11 is 0. The molecule has 0 bridgehead atoms. The molecule has 27 heavy (non-hydrogen) atoms. The van der Waals surface area contributed by atoms with Crippen molar-refractivity contribution in [1.29, 1.82) is 0 Å². The van der Waals surface area contributed by atoms with Gasteiger partial charge >= 0.3 is 11.4 Å². The minimum atomic E-state index is -1.63. The molecule has 0 saturated carbocycles. The summed E-state index contributed by atoms with van der Waals surface area (Å²) < 4.78 is 63.9. The number of halogens is 4. The molecule has 2 aromatic rings. The number of nitrogens with zero attached hydrogens (tertiary/aromatic N) is 2. The zero-order valence-electron chi connectivity index (χ0n) is 13.4. The lowest BCUT2D eigenvalue weighted by molar-refractivity contribution is -0.386. The number of ether oxygens (including phenoxy) is 2. The van der Waals surface area contributed by atoms with Gasteiger partial charge in [0.05, 0.1) is 9.85 Å². The Hall–Kier alpha value is -3.44. The molecule has 12 heteroatoms. The summed E-state index contributed by atoms with van der Waals surface area (Å²) in [4.78, 5) is 19.7. The summed E-state index contributed by atoms with van der Waals surface area (Å²) in [5, 5.41) is 21.7. The van der Waals surface area contributed by atoms with E-state index in [9.17, 15) is 37.8 Å². The van der Waals surface area contributed by atoms with Gasteiger partial charge in [-0.2, -0.15) is 8.78 Å². The molecule has 0 aliphatic rings. The van der Waals surface area contributed by atoms with E-state index in [1.54, 1.807) is 0 Å². The summed E-state index contributed by atoms with van der Waals surface area (Å²) in [5.41, 5.74) is -1.74. The van der Waals surface area contributed by atoms with Crippen LogP contribution >= 0.6 is 0 Å². The Morgan fingerprint density at radius 1 is 0.889 bits per heavy atom. The van der Waals surface area contributed by atoms with Crippen molar-refractivity contribution >= 4 is 11.4 Å². The Morgan fingerprint density at radius 3 is 1.81 bits per heavy atom. The van der Waals surface area contributed by atoms with Crippen LogP contribution in [-0.4, -0.2) is 22.6 Å². The van der Waals surface area contributed by atoms with Crippen LogP contribution in [0, 0.1) is 43.5 Å². The number of rotatable bonds is 7. The summed E-state index contributed by atoms with van der Waals surface area (Å²) in [6.07, 6.45) is -1.25. The van der Waals surface area contributed by atoms with Gasteiger partial charge in [0, 0.05) is 12.1 Å². The van der Waals surface area contributed by atoms with Gasteiger partial charge in [-0.25, -0.2) is 8.78 Å². The summed E-state index contributed by atoms with van der Waals surface area (Å²) in [6, 6.07) is 2.42. The molecule has 0 aromatic heterocycles.